The summed E-state index contributed by atoms with van der Waals surface area (Å²) in [6, 6.07) is 4.29. The van der Waals surface area contributed by atoms with E-state index in [4.69, 9.17) is 0 Å². The van der Waals surface area contributed by atoms with Gasteiger partial charge in [-0.25, -0.2) is 9.36 Å². The average molecular weight is 315 g/mol. The lowest BCUT2D eigenvalue weighted by Gasteiger charge is -2.08. The number of nitrogens with one attached hydrogen (secondary N) is 1. The number of hydrogen-bond acceptors (Lipinski definition) is 5. The third kappa shape index (κ3) is 3.20. The highest BCUT2D eigenvalue weighted by atomic mass is 16.2. The highest BCUT2D eigenvalue weighted by Gasteiger charge is 2.15. The minimum absolute atomic E-state index is 0.153. The zero-order chi connectivity index (χ0) is 16.4. The van der Waals surface area contributed by atoms with Crippen LogP contribution in [-0.4, -0.2) is 32.0 Å². The maximum atomic E-state index is 12.0. The third-order valence-corrected chi connectivity index (χ3v) is 3.83. The lowest BCUT2D eigenvalue weighted by atomic mass is 10.2. The minimum atomic E-state index is -0.394. The normalized spacial score (nSPS) is 12.9. The first-order valence-electron chi connectivity index (χ1n) is 7.47. The molecule has 0 spiro atoms. The molecule has 0 bridgehead atoms. The number of carbonyl (C=O) groups is 1. The summed E-state index contributed by atoms with van der Waals surface area (Å²) in [4.78, 5) is 35.2. The molecule has 120 valence electrons. The molecule has 0 saturated carbocycles. The first-order valence-corrected chi connectivity index (χ1v) is 7.47. The van der Waals surface area contributed by atoms with Crippen molar-refractivity contribution in [1.82, 2.24) is 24.9 Å². The molecule has 1 amide bonds. The Morgan fingerprint density at radius 3 is 2.83 bits per heavy atom. The first kappa shape index (κ1) is 15.1. The summed E-state index contributed by atoms with van der Waals surface area (Å²) in [7, 11) is 1.48. The molecular formula is C15H17N5O3. The van der Waals surface area contributed by atoms with Crippen LogP contribution in [0.4, 0.5) is 0 Å². The van der Waals surface area contributed by atoms with Crippen LogP contribution >= 0.6 is 0 Å². The Hall–Kier alpha value is -2.77. The standard InChI is InChI=1S/C15H17N5O3/c1-19-13(21)6-5-12(17-19)15(23)16-7-8-20-14(22)9-10-3-2-4-11(10)18-20/h5-6,9H,2-4,7-8H2,1H3,(H,16,23). The second-order valence-electron chi connectivity index (χ2n) is 5.47. The molecule has 2 aromatic heterocycles. The molecule has 1 N–H and O–H groups in total. The van der Waals surface area contributed by atoms with Crippen LogP contribution in [0, 0.1) is 0 Å². The second-order valence-corrected chi connectivity index (χ2v) is 5.47. The second kappa shape index (κ2) is 6.15. The number of aromatic nitrogens is 4. The van der Waals surface area contributed by atoms with Gasteiger partial charge in [0.25, 0.3) is 17.0 Å². The van der Waals surface area contributed by atoms with E-state index in [2.05, 4.69) is 15.5 Å². The van der Waals surface area contributed by atoms with E-state index in [1.807, 2.05) is 0 Å². The topological polar surface area (TPSA) is 98.9 Å². The Morgan fingerprint density at radius 1 is 1.22 bits per heavy atom. The Morgan fingerprint density at radius 2 is 2.04 bits per heavy atom. The average Bonchev–Trinajstić information content (AvgIpc) is 2.97. The SMILES string of the molecule is Cn1nc(C(=O)NCCn2nc3c(cc2=O)CCC3)ccc1=O. The Labute approximate surface area is 131 Å². The van der Waals surface area contributed by atoms with Gasteiger partial charge in [-0.3, -0.25) is 14.4 Å². The van der Waals surface area contributed by atoms with Crippen molar-refractivity contribution in [3.05, 3.63) is 55.9 Å². The van der Waals surface area contributed by atoms with Crippen molar-refractivity contribution in [2.75, 3.05) is 6.54 Å². The maximum Gasteiger partial charge on any atom is 0.271 e. The smallest absolute Gasteiger partial charge is 0.271 e. The fourth-order valence-electron chi connectivity index (χ4n) is 2.59. The van der Waals surface area contributed by atoms with Gasteiger partial charge in [0.2, 0.25) is 0 Å². The van der Waals surface area contributed by atoms with Crippen LogP contribution in [0.3, 0.4) is 0 Å². The van der Waals surface area contributed by atoms with Crippen LogP contribution in [0.15, 0.2) is 27.8 Å². The van der Waals surface area contributed by atoms with Gasteiger partial charge < -0.3 is 5.32 Å². The molecule has 2 heterocycles. The van der Waals surface area contributed by atoms with E-state index in [0.29, 0.717) is 6.54 Å². The van der Waals surface area contributed by atoms with Crippen molar-refractivity contribution in [1.29, 1.82) is 0 Å². The number of rotatable bonds is 4. The number of amides is 1. The summed E-state index contributed by atoms with van der Waals surface area (Å²) in [5.74, 6) is -0.394. The van der Waals surface area contributed by atoms with E-state index >= 15 is 0 Å². The van der Waals surface area contributed by atoms with Crippen LogP contribution in [0.25, 0.3) is 0 Å². The first-order chi connectivity index (χ1) is 11.0. The van der Waals surface area contributed by atoms with E-state index in [-0.39, 0.29) is 23.4 Å². The van der Waals surface area contributed by atoms with Crippen molar-refractivity contribution in [3.8, 4) is 0 Å². The van der Waals surface area contributed by atoms with Crippen LogP contribution in [0.1, 0.15) is 28.2 Å². The van der Waals surface area contributed by atoms with Crippen LogP contribution in [-0.2, 0) is 26.4 Å². The molecule has 0 aromatic carbocycles. The highest BCUT2D eigenvalue weighted by molar-refractivity contribution is 5.91. The molecule has 0 unspecified atom stereocenters. The zero-order valence-corrected chi connectivity index (χ0v) is 12.8. The molecule has 8 nitrogen and oxygen atoms in total. The third-order valence-electron chi connectivity index (χ3n) is 3.83. The summed E-state index contributed by atoms with van der Waals surface area (Å²) in [5, 5.41) is 10.9. The number of carbonyl (C=O) groups excluding carboxylic acids is 1. The molecular weight excluding hydrogens is 298 g/mol. The number of hydrogen-bond donors (Lipinski definition) is 1. The summed E-state index contributed by atoms with van der Waals surface area (Å²) in [6.45, 7) is 0.554. The largest absolute Gasteiger partial charge is 0.349 e. The minimum Gasteiger partial charge on any atom is -0.349 e. The van der Waals surface area contributed by atoms with Gasteiger partial charge in [-0.1, -0.05) is 0 Å². The number of nitrogens with zero attached hydrogens (tertiary/aromatic N) is 4. The molecule has 0 radical (unpaired) electrons. The number of aryl methyl sites for hydroxylation is 3. The predicted octanol–water partition coefficient (Wildman–Crippen LogP) is -0.744. The Balaban J connectivity index is 1.63. The molecule has 2 aromatic rings. The van der Waals surface area contributed by atoms with Gasteiger partial charge in [-0.05, 0) is 30.9 Å². The van der Waals surface area contributed by atoms with Gasteiger partial charge >= 0.3 is 0 Å². The number of fused-ring (bicyclic) bond motifs is 1. The summed E-state index contributed by atoms with van der Waals surface area (Å²) in [5.41, 5.74) is 1.72. The Kier molecular flexibility index (Phi) is 4.05. The van der Waals surface area contributed by atoms with Gasteiger partial charge in [-0.15, -0.1) is 0 Å². The van der Waals surface area contributed by atoms with Crippen molar-refractivity contribution in [2.24, 2.45) is 7.05 Å². The van der Waals surface area contributed by atoms with Crippen LogP contribution < -0.4 is 16.4 Å². The van der Waals surface area contributed by atoms with Crippen LogP contribution in [0.2, 0.25) is 0 Å². The summed E-state index contributed by atoms with van der Waals surface area (Å²) in [6.07, 6.45) is 2.83. The molecule has 0 aliphatic heterocycles. The van der Waals surface area contributed by atoms with Crippen molar-refractivity contribution >= 4 is 5.91 Å². The highest BCUT2D eigenvalue weighted by Crippen LogP contribution is 2.16. The van der Waals surface area contributed by atoms with Crippen molar-refractivity contribution < 1.29 is 4.79 Å². The van der Waals surface area contributed by atoms with Crippen LogP contribution in [0.5, 0.6) is 0 Å². The monoisotopic (exact) mass is 315 g/mol. The quantitative estimate of drug-likeness (QED) is 0.801. The van der Waals surface area contributed by atoms with Gasteiger partial charge in [0.1, 0.15) is 5.69 Å². The zero-order valence-electron chi connectivity index (χ0n) is 12.8. The molecule has 0 atom stereocenters. The van der Waals surface area contributed by atoms with Gasteiger partial charge in [0, 0.05) is 25.7 Å². The van der Waals surface area contributed by atoms with Gasteiger partial charge in [0.15, 0.2) is 0 Å². The van der Waals surface area contributed by atoms with E-state index < -0.39 is 5.91 Å². The maximum absolute atomic E-state index is 12.0. The predicted molar refractivity (Wildman–Crippen MR) is 82.3 cm³/mol. The van der Waals surface area contributed by atoms with E-state index in [9.17, 15) is 14.4 Å². The lowest BCUT2D eigenvalue weighted by molar-refractivity contribution is 0.0944. The molecule has 0 fully saturated rings. The molecule has 8 heteroatoms. The molecule has 0 saturated heterocycles. The van der Waals surface area contributed by atoms with Gasteiger partial charge in [-0.2, -0.15) is 10.2 Å². The molecule has 1 aliphatic rings. The summed E-state index contributed by atoms with van der Waals surface area (Å²) < 4.78 is 2.47. The van der Waals surface area contributed by atoms with Crippen molar-refractivity contribution in [2.45, 2.75) is 25.8 Å². The van der Waals surface area contributed by atoms with Crippen molar-refractivity contribution in [3.63, 3.8) is 0 Å². The molecule has 1 aliphatic carbocycles. The van der Waals surface area contributed by atoms with Gasteiger partial charge in [0.05, 0.1) is 12.2 Å². The fraction of sp³-hybridized carbons (Fsp3) is 0.400. The lowest BCUT2D eigenvalue weighted by Crippen LogP contribution is -2.33. The van der Waals surface area contributed by atoms with E-state index in [1.54, 1.807) is 6.07 Å². The Bertz CT molecular complexity index is 868. The molecule has 23 heavy (non-hydrogen) atoms. The summed E-state index contributed by atoms with van der Waals surface area (Å²) >= 11 is 0. The van der Waals surface area contributed by atoms with E-state index in [1.165, 1.54) is 23.9 Å². The fourth-order valence-corrected chi connectivity index (χ4v) is 2.59. The molecule has 3 rings (SSSR count). The van der Waals surface area contributed by atoms with E-state index in [0.717, 1.165) is 35.2 Å².